The Morgan fingerprint density at radius 3 is 1.76 bits per heavy atom. The van der Waals surface area contributed by atoms with Gasteiger partial charge in [-0.25, -0.2) is 0 Å². The van der Waals surface area contributed by atoms with Gasteiger partial charge in [0.05, 0.1) is 0 Å². The van der Waals surface area contributed by atoms with Crippen LogP contribution in [0.2, 0.25) is 0 Å². The summed E-state index contributed by atoms with van der Waals surface area (Å²) in [5, 5.41) is 0. The molecule has 0 aromatic rings. The largest absolute Gasteiger partial charge is 0.301 e. The van der Waals surface area contributed by atoms with Crippen molar-refractivity contribution in [2.45, 2.75) is 100 Å². The summed E-state index contributed by atoms with van der Waals surface area (Å²) in [7, 11) is 0. The van der Waals surface area contributed by atoms with Crippen LogP contribution >= 0.6 is 0 Å². The minimum Gasteiger partial charge on any atom is -0.301 e. The first kappa shape index (κ1) is 23.0. The average Bonchev–Trinajstić information content (AvgIpc) is 2.98. The van der Waals surface area contributed by atoms with Crippen LogP contribution in [0.1, 0.15) is 88.5 Å². The van der Waals surface area contributed by atoms with Crippen molar-refractivity contribution < 1.29 is 0 Å². The fraction of sp³-hybridized carbons (Fsp3) is 1.00. The van der Waals surface area contributed by atoms with Crippen LogP contribution in [0.25, 0.3) is 0 Å². The van der Waals surface area contributed by atoms with Crippen molar-refractivity contribution >= 4 is 0 Å². The lowest BCUT2D eigenvalue weighted by Crippen LogP contribution is -2.41. The SMILES string of the molecule is CC(C)(C)C1CCN(C(C)(C)C)C1.CC(C)C1CCCN(C(C)C)C1. The Hall–Kier alpha value is -0.0800. The first-order valence-electron chi connectivity index (χ1n) is 10.8. The van der Waals surface area contributed by atoms with Crippen LogP contribution in [0.15, 0.2) is 0 Å². The fourth-order valence-corrected chi connectivity index (χ4v) is 4.13. The molecule has 0 N–H and O–H groups in total. The Labute approximate surface area is 159 Å². The summed E-state index contributed by atoms with van der Waals surface area (Å²) in [6.45, 7) is 28.6. The Morgan fingerprint density at radius 1 is 0.800 bits per heavy atom. The molecule has 150 valence electrons. The fourth-order valence-electron chi connectivity index (χ4n) is 4.13. The van der Waals surface area contributed by atoms with E-state index in [-0.39, 0.29) is 0 Å². The molecule has 0 aliphatic carbocycles. The summed E-state index contributed by atoms with van der Waals surface area (Å²) in [4.78, 5) is 5.23. The number of piperidine rings is 1. The molecule has 0 aromatic heterocycles. The van der Waals surface area contributed by atoms with Gasteiger partial charge in [-0.3, -0.25) is 4.90 Å². The van der Waals surface area contributed by atoms with E-state index in [0.29, 0.717) is 11.0 Å². The second kappa shape index (κ2) is 9.22. The molecule has 2 atom stereocenters. The Bertz CT molecular complexity index is 339. The van der Waals surface area contributed by atoms with Crippen LogP contribution in [-0.4, -0.2) is 47.6 Å². The van der Waals surface area contributed by atoms with Gasteiger partial charge < -0.3 is 4.90 Å². The summed E-state index contributed by atoms with van der Waals surface area (Å²) in [5.41, 5.74) is 0.847. The van der Waals surface area contributed by atoms with Gasteiger partial charge in [0.15, 0.2) is 0 Å². The second-order valence-electron chi connectivity index (χ2n) is 11.2. The lowest BCUT2D eigenvalue weighted by Gasteiger charge is -2.37. The van der Waals surface area contributed by atoms with E-state index < -0.39 is 0 Å². The summed E-state index contributed by atoms with van der Waals surface area (Å²) in [6.07, 6.45) is 4.22. The molecule has 2 unspecified atom stereocenters. The van der Waals surface area contributed by atoms with Crippen molar-refractivity contribution in [2.75, 3.05) is 26.2 Å². The predicted octanol–water partition coefficient (Wildman–Crippen LogP) is 5.92. The van der Waals surface area contributed by atoms with E-state index in [9.17, 15) is 0 Å². The van der Waals surface area contributed by atoms with Crippen LogP contribution in [0.3, 0.4) is 0 Å². The van der Waals surface area contributed by atoms with Crippen LogP contribution in [-0.2, 0) is 0 Å². The van der Waals surface area contributed by atoms with E-state index in [2.05, 4.69) is 79.0 Å². The molecule has 2 saturated heterocycles. The van der Waals surface area contributed by atoms with Gasteiger partial charge in [0.25, 0.3) is 0 Å². The predicted molar refractivity (Wildman–Crippen MR) is 113 cm³/mol. The minimum absolute atomic E-state index is 0.361. The maximum Gasteiger partial charge on any atom is 0.0125 e. The van der Waals surface area contributed by atoms with Gasteiger partial charge in [0.1, 0.15) is 0 Å². The minimum atomic E-state index is 0.361. The smallest absolute Gasteiger partial charge is 0.0125 e. The Balaban J connectivity index is 0.000000251. The van der Waals surface area contributed by atoms with E-state index in [0.717, 1.165) is 23.8 Å². The molecular formula is C23H48N2. The zero-order chi connectivity index (χ0) is 19.4. The standard InChI is InChI=1S/C12H25N.C11H23N/c1-11(2,3)10-7-8-13(9-10)12(4,5)6;1-9(2)11-6-5-7-12(8-11)10(3)4/h10H,7-9H2,1-6H3;9-11H,5-8H2,1-4H3. The van der Waals surface area contributed by atoms with Gasteiger partial charge >= 0.3 is 0 Å². The molecule has 2 aliphatic heterocycles. The maximum atomic E-state index is 2.62. The van der Waals surface area contributed by atoms with E-state index in [1.54, 1.807) is 0 Å². The van der Waals surface area contributed by atoms with Gasteiger partial charge in [0, 0.05) is 24.7 Å². The highest BCUT2D eigenvalue weighted by atomic mass is 15.2. The van der Waals surface area contributed by atoms with Gasteiger partial charge in [-0.05, 0) is 90.1 Å². The molecule has 0 radical (unpaired) electrons. The lowest BCUT2D eigenvalue weighted by molar-refractivity contribution is 0.117. The van der Waals surface area contributed by atoms with E-state index >= 15 is 0 Å². The molecule has 2 heterocycles. The first-order chi connectivity index (χ1) is 11.3. The molecule has 0 saturated carbocycles. The van der Waals surface area contributed by atoms with E-state index in [1.807, 2.05) is 0 Å². The monoisotopic (exact) mass is 352 g/mol. The summed E-state index contributed by atoms with van der Waals surface area (Å²) < 4.78 is 0. The van der Waals surface area contributed by atoms with Crippen LogP contribution in [0.4, 0.5) is 0 Å². The Morgan fingerprint density at radius 2 is 1.40 bits per heavy atom. The average molecular weight is 353 g/mol. The number of nitrogens with zero attached hydrogens (tertiary/aromatic N) is 2. The normalized spacial score (nSPS) is 26.9. The molecule has 0 aromatic carbocycles. The zero-order valence-electron chi connectivity index (χ0n) is 19.2. The van der Waals surface area contributed by atoms with Gasteiger partial charge in [-0.2, -0.15) is 0 Å². The highest BCUT2D eigenvalue weighted by molar-refractivity contribution is 4.89. The Kier molecular flexibility index (Phi) is 8.47. The lowest BCUT2D eigenvalue weighted by atomic mass is 9.80. The zero-order valence-corrected chi connectivity index (χ0v) is 19.2. The molecule has 2 fully saturated rings. The number of hydrogen-bond acceptors (Lipinski definition) is 2. The van der Waals surface area contributed by atoms with Crippen molar-refractivity contribution in [1.29, 1.82) is 0 Å². The third kappa shape index (κ3) is 7.59. The van der Waals surface area contributed by atoms with Crippen molar-refractivity contribution in [1.82, 2.24) is 9.80 Å². The summed E-state index contributed by atoms with van der Waals surface area (Å²) in [5.74, 6) is 2.69. The highest BCUT2D eigenvalue weighted by Crippen LogP contribution is 2.36. The van der Waals surface area contributed by atoms with Gasteiger partial charge in [-0.15, -0.1) is 0 Å². The third-order valence-electron chi connectivity index (χ3n) is 6.52. The topological polar surface area (TPSA) is 6.48 Å². The van der Waals surface area contributed by atoms with Crippen molar-refractivity contribution in [3.05, 3.63) is 0 Å². The molecular weight excluding hydrogens is 304 g/mol. The number of hydrogen-bond donors (Lipinski definition) is 0. The first-order valence-corrected chi connectivity index (χ1v) is 10.8. The highest BCUT2D eigenvalue weighted by Gasteiger charge is 2.35. The van der Waals surface area contributed by atoms with Crippen molar-refractivity contribution in [3.8, 4) is 0 Å². The quantitative estimate of drug-likeness (QED) is 0.609. The third-order valence-corrected chi connectivity index (χ3v) is 6.52. The number of rotatable bonds is 2. The second-order valence-corrected chi connectivity index (χ2v) is 11.2. The summed E-state index contributed by atoms with van der Waals surface area (Å²) >= 11 is 0. The van der Waals surface area contributed by atoms with Crippen LogP contribution in [0, 0.1) is 23.2 Å². The molecule has 0 amide bonds. The molecule has 0 spiro atoms. The van der Waals surface area contributed by atoms with Gasteiger partial charge in [-0.1, -0.05) is 34.6 Å². The molecule has 2 nitrogen and oxygen atoms in total. The maximum absolute atomic E-state index is 2.62. The molecule has 25 heavy (non-hydrogen) atoms. The van der Waals surface area contributed by atoms with Crippen molar-refractivity contribution in [3.63, 3.8) is 0 Å². The molecule has 2 rings (SSSR count). The molecule has 0 bridgehead atoms. The summed E-state index contributed by atoms with van der Waals surface area (Å²) in [6, 6.07) is 0.742. The number of likely N-dealkylation sites (tertiary alicyclic amines) is 2. The molecule has 2 aliphatic rings. The van der Waals surface area contributed by atoms with Crippen LogP contribution in [0.5, 0.6) is 0 Å². The van der Waals surface area contributed by atoms with Crippen LogP contribution < -0.4 is 0 Å². The van der Waals surface area contributed by atoms with Gasteiger partial charge in [0.2, 0.25) is 0 Å². The van der Waals surface area contributed by atoms with Crippen molar-refractivity contribution in [2.24, 2.45) is 23.2 Å². The van der Waals surface area contributed by atoms with E-state index in [1.165, 1.54) is 45.4 Å². The molecule has 2 heteroatoms. The van der Waals surface area contributed by atoms with E-state index in [4.69, 9.17) is 0 Å².